The lowest BCUT2D eigenvalue weighted by Crippen LogP contribution is -2.13. The molecule has 1 amide bonds. The zero-order valence-corrected chi connectivity index (χ0v) is 9.77. The number of carbonyl (C=O) groups excluding carboxylic acids is 1. The molecule has 0 radical (unpaired) electrons. The molecular weight excluding hydrogens is 233 g/mol. The molecule has 0 aliphatic carbocycles. The Balaban J connectivity index is 2.14. The number of hydrogen-bond acceptors (Lipinski definition) is 3. The van der Waals surface area contributed by atoms with Crippen molar-refractivity contribution in [2.24, 2.45) is 0 Å². The van der Waals surface area contributed by atoms with Gasteiger partial charge in [0.15, 0.2) is 0 Å². The molecule has 5 heteroatoms. The van der Waals surface area contributed by atoms with Gasteiger partial charge in [0.05, 0.1) is 11.3 Å². The van der Waals surface area contributed by atoms with Gasteiger partial charge in [-0.1, -0.05) is 12.1 Å². The number of amides is 1. The smallest absolute Gasteiger partial charge is 0.257 e. The minimum Gasteiger partial charge on any atom is -0.373 e. The van der Waals surface area contributed by atoms with Crippen LogP contribution >= 0.6 is 0 Å². The zero-order chi connectivity index (χ0) is 13.0. The second kappa shape index (κ2) is 5.27. The third kappa shape index (κ3) is 2.63. The van der Waals surface area contributed by atoms with Crippen molar-refractivity contribution in [1.82, 2.24) is 4.98 Å². The average molecular weight is 245 g/mol. The number of nitrogens with one attached hydrogen (secondary N) is 2. The van der Waals surface area contributed by atoms with E-state index in [0.717, 1.165) is 0 Å². The molecule has 0 spiro atoms. The van der Waals surface area contributed by atoms with Gasteiger partial charge in [0, 0.05) is 13.2 Å². The van der Waals surface area contributed by atoms with Gasteiger partial charge in [-0.05, 0) is 24.3 Å². The molecule has 0 unspecified atom stereocenters. The molecule has 1 aromatic carbocycles. The predicted molar refractivity (Wildman–Crippen MR) is 68.1 cm³/mol. The van der Waals surface area contributed by atoms with Crippen LogP contribution in [0.15, 0.2) is 42.6 Å². The van der Waals surface area contributed by atoms with Crippen molar-refractivity contribution in [2.45, 2.75) is 0 Å². The summed E-state index contributed by atoms with van der Waals surface area (Å²) in [5, 5.41) is 5.34. The Morgan fingerprint density at radius 2 is 2.00 bits per heavy atom. The van der Waals surface area contributed by atoms with Crippen molar-refractivity contribution in [3.63, 3.8) is 0 Å². The molecule has 0 aliphatic rings. The Labute approximate surface area is 104 Å². The second-order valence-corrected chi connectivity index (χ2v) is 3.62. The van der Waals surface area contributed by atoms with Crippen LogP contribution in [0.25, 0.3) is 0 Å². The van der Waals surface area contributed by atoms with Crippen LogP contribution in [-0.4, -0.2) is 17.9 Å². The number of nitrogens with zero attached hydrogens (tertiary/aromatic N) is 1. The van der Waals surface area contributed by atoms with Gasteiger partial charge in [-0.3, -0.25) is 4.79 Å². The van der Waals surface area contributed by atoms with Crippen LogP contribution in [-0.2, 0) is 0 Å². The molecule has 2 rings (SSSR count). The number of pyridine rings is 1. The lowest BCUT2D eigenvalue weighted by Gasteiger charge is -2.06. The van der Waals surface area contributed by atoms with E-state index < -0.39 is 11.7 Å². The summed E-state index contributed by atoms with van der Waals surface area (Å²) in [6.07, 6.45) is 1.43. The van der Waals surface area contributed by atoms with Crippen LogP contribution in [0.1, 0.15) is 10.4 Å². The first-order chi connectivity index (χ1) is 8.70. The lowest BCUT2D eigenvalue weighted by atomic mass is 10.2. The van der Waals surface area contributed by atoms with Crippen LogP contribution in [0.5, 0.6) is 0 Å². The Hall–Kier alpha value is -2.43. The highest BCUT2D eigenvalue weighted by molar-refractivity contribution is 6.04. The van der Waals surface area contributed by atoms with Gasteiger partial charge in [-0.15, -0.1) is 0 Å². The van der Waals surface area contributed by atoms with Crippen LogP contribution in [0.4, 0.5) is 15.9 Å². The first kappa shape index (κ1) is 12.0. The van der Waals surface area contributed by atoms with Crippen molar-refractivity contribution in [2.75, 3.05) is 17.7 Å². The summed E-state index contributed by atoms with van der Waals surface area (Å²) >= 11 is 0. The number of hydrogen-bond donors (Lipinski definition) is 2. The Morgan fingerprint density at radius 1 is 1.22 bits per heavy atom. The van der Waals surface area contributed by atoms with Gasteiger partial charge >= 0.3 is 0 Å². The van der Waals surface area contributed by atoms with Gasteiger partial charge < -0.3 is 10.6 Å². The first-order valence-electron chi connectivity index (χ1n) is 5.40. The van der Waals surface area contributed by atoms with Crippen LogP contribution in [0, 0.1) is 5.82 Å². The summed E-state index contributed by atoms with van der Waals surface area (Å²) in [6.45, 7) is 0. The van der Waals surface area contributed by atoms with Crippen LogP contribution in [0.2, 0.25) is 0 Å². The van der Waals surface area contributed by atoms with E-state index in [1.165, 1.54) is 18.3 Å². The van der Waals surface area contributed by atoms with E-state index >= 15 is 0 Å². The molecule has 2 aromatic rings. The van der Waals surface area contributed by atoms with E-state index in [-0.39, 0.29) is 5.69 Å². The van der Waals surface area contributed by atoms with Gasteiger partial charge in [-0.2, -0.15) is 0 Å². The average Bonchev–Trinajstić information content (AvgIpc) is 2.41. The van der Waals surface area contributed by atoms with E-state index in [9.17, 15) is 9.18 Å². The molecule has 18 heavy (non-hydrogen) atoms. The minimum absolute atomic E-state index is 0.153. The van der Waals surface area contributed by atoms with Crippen molar-refractivity contribution in [3.05, 3.63) is 54.0 Å². The highest BCUT2D eigenvalue weighted by Crippen LogP contribution is 2.14. The summed E-state index contributed by atoms with van der Waals surface area (Å²) in [4.78, 5) is 15.8. The number of carbonyl (C=O) groups is 1. The highest BCUT2D eigenvalue weighted by Gasteiger charge is 2.08. The molecule has 0 saturated heterocycles. The van der Waals surface area contributed by atoms with Crippen molar-refractivity contribution in [3.8, 4) is 0 Å². The summed E-state index contributed by atoms with van der Waals surface area (Å²) in [5.41, 5.74) is 0.525. The molecule has 92 valence electrons. The lowest BCUT2D eigenvalue weighted by molar-refractivity contribution is 0.102. The molecule has 1 aromatic heterocycles. The molecule has 4 nitrogen and oxygen atoms in total. The summed E-state index contributed by atoms with van der Waals surface area (Å²) in [5.74, 6) is -0.196. The number of para-hydroxylation sites is 1. The second-order valence-electron chi connectivity index (χ2n) is 3.62. The van der Waals surface area contributed by atoms with Crippen LogP contribution < -0.4 is 10.6 Å². The fourth-order valence-electron chi connectivity index (χ4n) is 1.43. The highest BCUT2D eigenvalue weighted by atomic mass is 19.1. The number of rotatable bonds is 3. The number of aromatic nitrogens is 1. The molecule has 0 fully saturated rings. The Morgan fingerprint density at radius 3 is 2.61 bits per heavy atom. The standard InChI is InChI=1S/C13H12FN3O/c1-15-12-7-6-9(8-16-12)13(18)17-11-5-3-2-4-10(11)14/h2-8H,1H3,(H,15,16)(H,17,18). The SMILES string of the molecule is CNc1ccc(C(=O)Nc2ccccc2F)cn1. The molecule has 0 bridgehead atoms. The van der Waals surface area contributed by atoms with Crippen LogP contribution in [0.3, 0.4) is 0 Å². The molecule has 0 atom stereocenters. The quantitative estimate of drug-likeness (QED) is 0.873. The maximum Gasteiger partial charge on any atom is 0.257 e. The van der Waals surface area contributed by atoms with E-state index in [4.69, 9.17) is 0 Å². The normalized spacial score (nSPS) is 9.89. The van der Waals surface area contributed by atoms with E-state index in [1.807, 2.05) is 0 Å². The molecule has 1 heterocycles. The molecular formula is C13H12FN3O. The van der Waals surface area contributed by atoms with E-state index in [2.05, 4.69) is 15.6 Å². The monoisotopic (exact) mass is 245 g/mol. The number of benzene rings is 1. The number of anilines is 2. The fraction of sp³-hybridized carbons (Fsp3) is 0.0769. The third-order valence-corrected chi connectivity index (χ3v) is 2.40. The van der Waals surface area contributed by atoms with Crippen molar-refractivity contribution in [1.29, 1.82) is 0 Å². The predicted octanol–water partition coefficient (Wildman–Crippen LogP) is 2.51. The van der Waals surface area contributed by atoms with Gasteiger partial charge in [0.2, 0.25) is 0 Å². The van der Waals surface area contributed by atoms with Crippen molar-refractivity contribution < 1.29 is 9.18 Å². The molecule has 2 N–H and O–H groups in total. The first-order valence-corrected chi connectivity index (χ1v) is 5.40. The van der Waals surface area contributed by atoms with E-state index in [0.29, 0.717) is 11.4 Å². The van der Waals surface area contributed by atoms with E-state index in [1.54, 1.807) is 31.3 Å². The van der Waals surface area contributed by atoms with Gasteiger partial charge in [-0.25, -0.2) is 9.37 Å². The zero-order valence-electron chi connectivity index (χ0n) is 9.77. The maximum atomic E-state index is 13.3. The molecule has 0 saturated carbocycles. The number of halogens is 1. The third-order valence-electron chi connectivity index (χ3n) is 2.40. The minimum atomic E-state index is -0.467. The van der Waals surface area contributed by atoms with Gasteiger partial charge in [0.1, 0.15) is 11.6 Å². The fourth-order valence-corrected chi connectivity index (χ4v) is 1.43. The Kier molecular flexibility index (Phi) is 3.52. The Bertz CT molecular complexity index is 554. The largest absolute Gasteiger partial charge is 0.373 e. The van der Waals surface area contributed by atoms with Crippen molar-refractivity contribution >= 4 is 17.4 Å². The summed E-state index contributed by atoms with van der Waals surface area (Å²) in [6, 6.07) is 9.31. The summed E-state index contributed by atoms with van der Waals surface area (Å²) < 4.78 is 13.3. The maximum absolute atomic E-state index is 13.3. The van der Waals surface area contributed by atoms with Gasteiger partial charge in [0.25, 0.3) is 5.91 Å². The topological polar surface area (TPSA) is 54.0 Å². The summed E-state index contributed by atoms with van der Waals surface area (Å²) in [7, 11) is 1.74. The molecule has 0 aliphatic heterocycles.